The van der Waals surface area contributed by atoms with Gasteiger partial charge in [0.15, 0.2) is 0 Å². The lowest BCUT2D eigenvalue weighted by Crippen LogP contribution is -2.50. The molecular weight excluding hydrogens is 403 g/mol. The molecule has 1 aromatic carbocycles. The van der Waals surface area contributed by atoms with E-state index in [-0.39, 0.29) is 23.7 Å². The standard InChI is InChI=1S/C22H29FN4O4/c1-22(2,3)31-21(30)27(13-5-6-13)14-7-9-26(10-8-14)17-11-16(23)18(20(28)29)19-15(17)12-25(4)24-19/h11-14H,5-10H2,1-4H3,(H,28,29). The van der Waals surface area contributed by atoms with Crippen LogP contribution >= 0.6 is 0 Å². The molecule has 2 heterocycles. The normalized spacial score (nSPS) is 17.8. The zero-order valence-electron chi connectivity index (χ0n) is 18.4. The smallest absolute Gasteiger partial charge is 0.410 e. The number of benzene rings is 1. The highest BCUT2D eigenvalue weighted by molar-refractivity contribution is 6.06. The monoisotopic (exact) mass is 432 g/mol. The molecule has 1 saturated heterocycles. The SMILES string of the molecule is Cn1cc2c(N3CCC(N(C(=O)OC(C)(C)C)C4CC4)CC3)cc(F)c(C(=O)O)c2n1. The van der Waals surface area contributed by atoms with Gasteiger partial charge in [0.05, 0.1) is 5.69 Å². The number of hydrogen-bond donors (Lipinski definition) is 1. The van der Waals surface area contributed by atoms with Gasteiger partial charge < -0.3 is 19.6 Å². The van der Waals surface area contributed by atoms with Crippen molar-refractivity contribution in [1.82, 2.24) is 14.7 Å². The first kappa shape index (κ1) is 21.4. The van der Waals surface area contributed by atoms with Gasteiger partial charge in [-0.25, -0.2) is 14.0 Å². The van der Waals surface area contributed by atoms with Crippen LogP contribution in [0.2, 0.25) is 0 Å². The number of hydrogen-bond acceptors (Lipinski definition) is 5. The molecule has 0 unspecified atom stereocenters. The Balaban J connectivity index is 1.55. The fraction of sp³-hybridized carbons (Fsp3) is 0.591. The quantitative estimate of drug-likeness (QED) is 0.791. The van der Waals surface area contributed by atoms with E-state index >= 15 is 0 Å². The molecule has 1 saturated carbocycles. The molecule has 2 aromatic rings. The number of carbonyl (C=O) groups is 2. The van der Waals surface area contributed by atoms with Crippen LogP contribution in [0, 0.1) is 5.82 Å². The average molecular weight is 432 g/mol. The summed E-state index contributed by atoms with van der Waals surface area (Å²) in [6, 6.07) is 1.61. The van der Waals surface area contributed by atoms with Crippen molar-refractivity contribution in [3.05, 3.63) is 23.6 Å². The molecule has 2 aliphatic rings. The molecule has 0 atom stereocenters. The van der Waals surface area contributed by atoms with E-state index in [9.17, 15) is 19.1 Å². The summed E-state index contributed by atoms with van der Waals surface area (Å²) in [7, 11) is 1.69. The van der Waals surface area contributed by atoms with Crippen LogP contribution in [-0.2, 0) is 11.8 Å². The van der Waals surface area contributed by atoms with Crippen LogP contribution in [0.25, 0.3) is 10.9 Å². The number of fused-ring (bicyclic) bond motifs is 1. The van der Waals surface area contributed by atoms with E-state index in [0.29, 0.717) is 24.2 Å². The van der Waals surface area contributed by atoms with E-state index < -0.39 is 23.0 Å². The lowest BCUT2D eigenvalue weighted by molar-refractivity contribution is 0.0113. The Morgan fingerprint density at radius 1 is 1.19 bits per heavy atom. The summed E-state index contributed by atoms with van der Waals surface area (Å²) < 4.78 is 21.8. The lowest BCUT2D eigenvalue weighted by Gasteiger charge is -2.40. The number of aromatic nitrogens is 2. The average Bonchev–Trinajstić information content (AvgIpc) is 3.40. The number of rotatable bonds is 4. The number of amides is 1. The van der Waals surface area contributed by atoms with Gasteiger partial charge in [0.2, 0.25) is 0 Å². The molecular formula is C22H29FN4O4. The molecule has 0 spiro atoms. The van der Waals surface area contributed by atoms with Crippen LogP contribution in [0.3, 0.4) is 0 Å². The minimum Gasteiger partial charge on any atom is -0.478 e. The fourth-order valence-electron chi connectivity index (χ4n) is 4.36. The Morgan fingerprint density at radius 3 is 2.35 bits per heavy atom. The van der Waals surface area contributed by atoms with Crippen molar-refractivity contribution in [1.29, 1.82) is 0 Å². The predicted octanol–water partition coefficient (Wildman–Crippen LogP) is 3.78. The van der Waals surface area contributed by atoms with E-state index in [2.05, 4.69) is 10.00 Å². The Kier molecular flexibility index (Phi) is 5.31. The summed E-state index contributed by atoms with van der Waals surface area (Å²) in [5.41, 5.74) is -0.154. The number of halogens is 1. The molecule has 1 aliphatic heterocycles. The Bertz CT molecular complexity index is 1020. The summed E-state index contributed by atoms with van der Waals surface area (Å²) in [6.45, 7) is 6.87. The number of piperidine rings is 1. The summed E-state index contributed by atoms with van der Waals surface area (Å²) in [5, 5.41) is 14.2. The van der Waals surface area contributed by atoms with Crippen molar-refractivity contribution >= 4 is 28.7 Å². The number of aryl methyl sites for hydroxylation is 1. The van der Waals surface area contributed by atoms with Crippen molar-refractivity contribution in [2.45, 2.75) is 64.1 Å². The second kappa shape index (κ2) is 7.69. The van der Waals surface area contributed by atoms with E-state index in [1.54, 1.807) is 13.2 Å². The molecule has 1 amide bonds. The minimum absolute atomic E-state index is 0.0751. The van der Waals surface area contributed by atoms with Crippen LogP contribution in [0.5, 0.6) is 0 Å². The van der Waals surface area contributed by atoms with Crippen LogP contribution in [0.4, 0.5) is 14.9 Å². The molecule has 4 rings (SSSR count). The van der Waals surface area contributed by atoms with E-state index in [1.165, 1.54) is 10.7 Å². The molecule has 8 nitrogen and oxygen atoms in total. The fourth-order valence-corrected chi connectivity index (χ4v) is 4.36. The highest BCUT2D eigenvalue weighted by atomic mass is 19.1. The topological polar surface area (TPSA) is 87.9 Å². The molecule has 1 aromatic heterocycles. The van der Waals surface area contributed by atoms with Crippen molar-refractivity contribution in [3.8, 4) is 0 Å². The summed E-state index contributed by atoms with van der Waals surface area (Å²) >= 11 is 0. The predicted molar refractivity (Wildman–Crippen MR) is 114 cm³/mol. The largest absolute Gasteiger partial charge is 0.478 e. The van der Waals surface area contributed by atoms with Gasteiger partial charge in [0.25, 0.3) is 0 Å². The zero-order chi connectivity index (χ0) is 22.5. The molecule has 168 valence electrons. The highest BCUT2D eigenvalue weighted by Crippen LogP contribution is 2.36. The molecule has 1 N–H and O–H groups in total. The number of carbonyl (C=O) groups excluding carboxylic acids is 1. The molecule has 2 fully saturated rings. The third kappa shape index (κ3) is 4.31. The van der Waals surface area contributed by atoms with Gasteiger partial charge in [0.1, 0.15) is 22.5 Å². The number of carboxylic acid groups (broad SMARTS) is 1. The number of aromatic carboxylic acids is 1. The van der Waals surface area contributed by atoms with E-state index in [1.807, 2.05) is 25.7 Å². The number of carboxylic acids is 1. The third-order valence-electron chi connectivity index (χ3n) is 5.80. The molecule has 0 bridgehead atoms. The Morgan fingerprint density at radius 2 is 1.81 bits per heavy atom. The van der Waals surface area contributed by atoms with Crippen LogP contribution < -0.4 is 4.90 Å². The molecule has 0 radical (unpaired) electrons. The second-order valence-corrected chi connectivity index (χ2v) is 9.46. The van der Waals surface area contributed by atoms with Gasteiger partial charge in [-0.2, -0.15) is 5.10 Å². The van der Waals surface area contributed by atoms with E-state index in [4.69, 9.17) is 4.74 Å². The highest BCUT2D eigenvalue weighted by Gasteiger charge is 2.41. The maximum absolute atomic E-state index is 14.7. The maximum atomic E-state index is 14.7. The lowest BCUT2D eigenvalue weighted by atomic mass is 10.0. The summed E-state index contributed by atoms with van der Waals surface area (Å²) in [4.78, 5) is 28.3. The Hall–Kier alpha value is -2.84. The maximum Gasteiger partial charge on any atom is 0.410 e. The van der Waals surface area contributed by atoms with E-state index in [0.717, 1.165) is 25.7 Å². The number of anilines is 1. The first-order valence-electron chi connectivity index (χ1n) is 10.7. The summed E-state index contributed by atoms with van der Waals surface area (Å²) in [5.74, 6) is -2.12. The first-order valence-corrected chi connectivity index (χ1v) is 10.7. The van der Waals surface area contributed by atoms with Crippen molar-refractivity contribution < 1.29 is 23.8 Å². The van der Waals surface area contributed by atoms with Gasteiger partial charge in [0, 0.05) is 43.8 Å². The number of ether oxygens (including phenoxy) is 1. The van der Waals surface area contributed by atoms with Crippen LogP contribution in [0.1, 0.15) is 56.8 Å². The second-order valence-electron chi connectivity index (χ2n) is 9.46. The molecule has 1 aliphatic carbocycles. The molecule has 9 heteroatoms. The van der Waals surface area contributed by atoms with Crippen LogP contribution in [-0.4, -0.2) is 62.6 Å². The van der Waals surface area contributed by atoms with Gasteiger partial charge in [-0.05, 0) is 52.5 Å². The van der Waals surface area contributed by atoms with Crippen LogP contribution in [0.15, 0.2) is 12.3 Å². The van der Waals surface area contributed by atoms with Gasteiger partial charge >= 0.3 is 12.1 Å². The van der Waals surface area contributed by atoms with Crippen molar-refractivity contribution in [2.24, 2.45) is 7.05 Å². The first-order chi connectivity index (χ1) is 14.5. The third-order valence-corrected chi connectivity index (χ3v) is 5.80. The Labute approximate surface area is 180 Å². The zero-order valence-corrected chi connectivity index (χ0v) is 18.4. The van der Waals surface area contributed by atoms with Crippen molar-refractivity contribution in [2.75, 3.05) is 18.0 Å². The van der Waals surface area contributed by atoms with Gasteiger partial charge in [-0.1, -0.05) is 0 Å². The number of nitrogens with zero attached hydrogens (tertiary/aromatic N) is 4. The minimum atomic E-state index is -1.33. The van der Waals surface area contributed by atoms with Crippen molar-refractivity contribution in [3.63, 3.8) is 0 Å². The molecule has 31 heavy (non-hydrogen) atoms. The summed E-state index contributed by atoms with van der Waals surface area (Å²) in [6.07, 6.45) is 4.93. The van der Waals surface area contributed by atoms with Gasteiger partial charge in [-0.3, -0.25) is 4.68 Å². The van der Waals surface area contributed by atoms with Gasteiger partial charge in [-0.15, -0.1) is 0 Å².